The van der Waals surface area contributed by atoms with Gasteiger partial charge in [0.15, 0.2) is 0 Å². The zero-order chi connectivity index (χ0) is 27.2. The van der Waals surface area contributed by atoms with Gasteiger partial charge < -0.3 is 15.0 Å². The van der Waals surface area contributed by atoms with Crippen LogP contribution in [0.2, 0.25) is 0 Å². The van der Waals surface area contributed by atoms with E-state index < -0.39 is 6.10 Å². The van der Waals surface area contributed by atoms with Gasteiger partial charge in [-0.1, -0.05) is 36.9 Å². The Hall–Kier alpha value is -3.97. The molecule has 0 saturated carbocycles. The Morgan fingerprint density at radius 2 is 1.82 bits per heavy atom. The first-order valence-corrected chi connectivity index (χ1v) is 12.8. The lowest BCUT2D eigenvalue weighted by Crippen LogP contribution is -2.54. The van der Waals surface area contributed by atoms with E-state index in [1.165, 1.54) is 12.1 Å². The molecule has 1 aliphatic heterocycles. The number of nitrogens with one attached hydrogen (secondary N) is 1. The van der Waals surface area contributed by atoms with E-state index in [0.717, 1.165) is 16.8 Å². The molecule has 38 heavy (non-hydrogen) atoms. The summed E-state index contributed by atoms with van der Waals surface area (Å²) in [4.78, 5) is 28.9. The molecule has 1 fully saturated rings. The summed E-state index contributed by atoms with van der Waals surface area (Å²) in [6, 6.07) is 19.7. The zero-order valence-corrected chi connectivity index (χ0v) is 22.1. The van der Waals surface area contributed by atoms with Crippen molar-refractivity contribution in [3.8, 4) is 5.75 Å². The van der Waals surface area contributed by atoms with Crippen molar-refractivity contribution >= 4 is 17.5 Å². The van der Waals surface area contributed by atoms with Crippen LogP contribution in [0.1, 0.15) is 40.1 Å². The second-order valence-electron chi connectivity index (χ2n) is 9.75. The maximum Gasteiger partial charge on any atom is 0.255 e. The maximum absolute atomic E-state index is 14.5. The van der Waals surface area contributed by atoms with Gasteiger partial charge >= 0.3 is 0 Å². The smallest absolute Gasteiger partial charge is 0.255 e. The van der Waals surface area contributed by atoms with E-state index >= 15 is 0 Å². The third-order valence-corrected chi connectivity index (χ3v) is 6.95. The largest absolute Gasteiger partial charge is 0.484 e. The van der Waals surface area contributed by atoms with E-state index in [2.05, 4.69) is 16.8 Å². The molecule has 1 saturated heterocycles. The minimum Gasteiger partial charge on any atom is -0.484 e. The first-order valence-electron chi connectivity index (χ1n) is 12.8. The number of hydrogen-bond acceptors (Lipinski definition) is 4. The average molecular weight is 516 g/mol. The molecule has 0 aromatic heterocycles. The molecule has 6 nitrogen and oxygen atoms in total. The third kappa shape index (κ3) is 6.47. The van der Waals surface area contributed by atoms with Gasteiger partial charge in [-0.05, 0) is 79.9 Å². The Labute approximate surface area is 223 Å². The van der Waals surface area contributed by atoms with Crippen LogP contribution in [-0.4, -0.2) is 53.8 Å². The van der Waals surface area contributed by atoms with Gasteiger partial charge in [-0.2, -0.15) is 0 Å². The number of carbonyl (C=O) groups is 2. The molecule has 0 radical (unpaired) electrons. The number of aryl methyl sites for hydroxylation is 2. The lowest BCUT2D eigenvalue weighted by atomic mass is 10.0. The predicted molar refractivity (Wildman–Crippen MR) is 148 cm³/mol. The quantitative estimate of drug-likeness (QED) is 0.401. The summed E-state index contributed by atoms with van der Waals surface area (Å²) in [6.45, 7) is 11.7. The highest BCUT2D eigenvalue weighted by Crippen LogP contribution is 2.26. The van der Waals surface area contributed by atoms with Gasteiger partial charge in [0, 0.05) is 43.5 Å². The molecular weight excluding hydrogens is 481 g/mol. The van der Waals surface area contributed by atoms with Crippen LogP contribution in [0, 0.1) is 19.7 Å². The molecule has 7 heteroatoms. The lowest BCUT2D eigenvalue weighted by Gasteiger charge is -2.40. The number of halogens is 1. The molecule has 1 aliphatic rings. The summed E-state index contributed by atoms with van der Waals surface area (Å²) in [5.74, 6) is 0.0204. The Morgan fingerprint density at radius 3 is 2.47 bits per heavy atom. The number of rotatable bonds is 8. The van der Waals surface area contributed by atoms with Gasteiger partial charge in [-0.25, -0.2) is 4.39 Å². The maximum atomic E-state index is 14.5. The van der Waals surface area contributed by atoms with E-state index in [9.17, 15) is 14.0 Å². The van der Waals surface area contributed by atoms with Crippen molar-refractivity contribution < 1.29 is 18.7 Å². The predicted octanol–water partition coefficient (Wildman–Crippen LogP) is 5.53. The van der Waals surface area contributed by atoms with Crippen molar-refractivity contribution in [3.63, 3.8) is 0 Å². The fourth-order valence-corrected chi connectivity index (χ4v) is 4.65. The number of amides is 2. The number of hydrogen-bond donors (Lipinski definition) is 1. The van der Waals surface area contributed by atoms with Crippen LogP contribution in [-0.2, 0) is 4.79 Å². The van der Waals surface area contributed by atoms with Crippen LogP contribution in [0.5, 0.6) is 5.75 Å². The van der Waals surface area contributed by atoms with E-state index in [0.29, 0.717) is 43.1 Å². The fraction of sp³-hybridized carbons (Fsp3) is 0.290. The Bertz CT molecular complexity index is 1310. The number of para-hydroxylation sites is 1. The SMILES string of the molecule is C=CC(=O)N1CCN(C[C@H](Oc2ccc(C(=O)Nc3ccccc3C)cc2)c2ccc(C)c(F)c2)C[C@H]1C. The highest BCUT2D eigenvalue weighted by molar-refractivity contribution is 6.04. The molecule has 0 spiro atoms. The van der Waals surface area contributed by atoms with E-state index in [1.807, 2.05) is 49.1 Å². The summed E-state index contributed by atoms with van der Waals surface area (Å²) < 4.78 is 20.8. The molecule has 0 unspecified atom stereocenters. The molecule has 3 aromatic carbocycles. The van der Waals surface area contributed by atoms with E-state index in [1.54, 1.807) is 37.3 Å². The van der Waals surface area contributed by atoms with Crippen LogP contribution in [0.25, 0.3) is 0 Å². The van der Waals surface area contributed by atoms with Crippen molar-refractivity contribution in [1.82, 2.24) is 9.80 Å². The van der Waals surface area contributed by atoms with Gasteiger partial charge in [0.25, 0.3) is 5.91 Å². The molecule has 2 amide bonds. The summed E-state index contributed by atoms with van der Waals surface area (Å²) in [5.41, 5.74) is 3.56. The lowest BCUT2D eigenvalue weighted by molar-refractivity contribution is -0.130. The minimum atomic E-state index is -0.439. The van der Waals surface area contributed by atoms with E-state index in [-0.39, 0.29) is 23.7 Å². The third-order valence-electron chi connectivity index (χ3n) is 6.95. The minimum absolute atomic E-state index is 0.0238. The average Bonchev–Trinajstić information content (AvgIpc) is 2.91. The fourth-order valence-electron chi connectivity index (χ4n) is 4.65. The standard InChI is InChI=1S/C31H34FN3O3/c1-5-30(36)35-17-16-34(19-23(35)4)20-29(25-11-10-21(2)27(32)18-25)38-26-14-12-24(13-15-26)31(37)33-28-9-7-6-8-22(28)3/h5-15,18,23,29H,1,16-17,19-20H2,2-4H3,(H,33,37)/t23-,29+/m1/s1. The monoisotopic (exact) mass is 515 g/mol. The molecule has 4 rings (SSSR count). The van der Waals surface area contributed by atoms with Crippen LogP contribution < -0.4 is 10.1 Å². The molecule has 0 bridgehead atoms. The topological polar surface area (TPSA) is 61.9 Å². The number of nitrogens with zero attached hydrogens (tertiary/aromatic N) is 2. The number of anilines is 1. The van der Waals surface area contributed by atoms with Crippen LogP contribution in [0.15, 0.2) is 79.4 Å². The van der Waals surface area contributed by atoms with Crippen LogP contribution in [0.4, 0.5) is 10.1 Å². The molecular formula is C31H34FN3O3. The summed E-state index contributed by atoms with van der Waals surface area (Å²) >= 11 is 0. The summed E-state index contributed by atoms with van der Waals surface area (Å²) in [7, 11) is 0. The molecule has 3 aromatic rings. The Kier molecular flexibility index (Phi) is 8.59. The van der Waals surface area contributed by atoms with Crippen molar-refractivity contribution in [2.75, 3.05) is 31.5 Å². The number of piperazine rings is 1. The molecule has 1 heterocycles. The molecule has 1 N–H and O–H groups in total. The van der Waals surface area contributed by atoms with Crippen molar-refractivity contribution in [2.45, 2.75) is 32.9 Å². The van der Waals surface area contributed by atoms with Gasteiger partial charge in [0.2, 0.25) is 5.91 Å². The van der Waals surface area contributed by atoms with Crippen molar-refractivity contribution in [2.24, 2.45) is 0 Å². The number of carbonyl (C=O) groups excluding carboxylic acids is 2. The van der Waals surface area contributed by atoms with Crippen LogP contribution >= 0.6 is 0 Å². The summed E-state index contributed by atoms with van der Waals surface area (Å²) in [6.07, 6.45) is 0.906. The first kappa shape index (κ1) is 27.1. The van der Waals surface area contributed by atoms with Gasteiger partial charge in [-0.3, -0.25) is 14.5 Å². The first-order chi connectivity index (χ1) is 18.2. The molecule has 0 aliphatic carbocycles. The van der Waals surface area contributed by atoms with Gasteiger partial charge in [0.1, 0.15) is 17.7 Å². The van der Waals surface area contributed by atoms with Crippen molar-refractivity contribution in [1.29, 1.82) is 0 Å². The highest BCUT2D eigenvalue weighted by atomic mass is 19.1. The van der Waals surface area contributed by atoms with Crippen LogP contribution in [0.3, 0.4) is 0 Å². The normalized spacial score (nSPS) is 16.5. The second kappa shape index (κ2) is 12.0. The number of benzene rings is 3. The van der Waals surface area contributed by atoms with E-state index in [4.69, 9.17) is 4.74 Å². The second-order valence-corrected chi connectivity index (χ2v) is 9.75. The summed E-state index contributed by atoms with van der Waals surface area (Å²) in [5, 5.41) is 2.94. The highest BCUT2D eigenvalue weighted by Gasteiger charge is 2.28. The Balaban J connectivity index is 1.49. The van der Waals surface area contributed by atoms with Gasteiger partial charge in [-0.15, -0.1) is 0 Å². The van der Waals surface area contributed by atoms with Crippen molar-refractivity contribution in [3.05, 3.63) is 107 Å². The Morgan fingerprint density at radius 1 is 1.08 bits per heavy atom. The zero-order valence-electron chi connectivity index (χ0n) is 22.1. The molecule has 2 atom stereocenters. The number of ether oxygens (including phenoxy) is 1. The molecule has 198 valence electrons. The van der Waals surface area contributed by atoms with Gasteiger partial charge in [0.05, 0.1) is 0 Å².